The SMILES string of the molecule is CC(CN)C(=O)NC(C)c1ccc(NC(N)=O)cc1.Cl. The number of hydrogen-bond donors (Lipinski definition) is 4. The summed E-state index contributed by atoms with van der Waals surface area (Å²) in [6.07, 6.45) is 0. The van der Waals surface area contributed by atoms with E-state index < -0.39 is 6.03 Å². The molecule has 1 rings (SSSR count). The van der Waals surface area contributed by atoms with Crippen LogP contribution >= 0.6 is 12.4 Å². The Morgan fingerprint density at radius 1 is 1.20 bits per heavy atom. The molecular weight excluding hydrogens is 280 g/mol. The molecule has 20 heavy (non-hydrogen) atoms. The second kappa shape index (κ2) is 8.39. The molecular formula is C13H21ClN4O2. The zero-order valence-corrected chi connectivity index (χ0v) is 12.4. The number of amides is 3. The molecule has 0 heterocycles. The number of hydrogen-bond acceptors (Lipinski definition) is 3. The number of nitrogens with one attached hydrogen (secondary N) is 2. The third-order valence-corrected chi connectivity index (χ3v) is 2.84. The summed E-state index contributed by atoms with van der Waals surface area (Å²) in [5.41, 5.74) is 12.0. The van der Waals surface area contributed by atoms with E-state index in [1.54, 1.807) is 19.1 Å². The lowest BCUT2D eigenvalue weighted by Crippen LogP contribution is -2.34. The highest BCUT2D eigenvalue weighted by atomic mass is 35.5. The first-order valence-corrected chi connectivity index (χ1v) is 6.11. The van der Waals surface area contributed by atoms with Crippen LogP contribution in [-0.2, 0) is 4.79 Å². The average Bonchev–Trinajstić information content (AvgIpc) is 2.37. The maximum Gasteiger partial charge on any atom is 0.316 e. The largest absolute Gasteiger partial charge is 0.351 e. The van der Waals surface area contributed by atoms with Gasteiger partial charge in [-0.3, -0.25) is 4.79 Å². The van der Waals surface area contributed by atoms with Crippen molar-refractivity contribution in [2.75, 3.05) is 11.9 Å². The molecule has 0 radical (unpaired) electrons. The summed E-state index contributed by atoms with van der Waals surface area (Å²) < 4.78 is 0. The molecule has 3 amide bonds. The van der Waals surface area contributed by atoms with Gasteiger partial charge in [-0.05, 0) is 24.6 Å². The van der Waals surface area contributed by atoms with Crippen molar-refractivity contribution in [2.45, 2.75) is 19.9 Å². The molecule has 0 fully saturated rings. The van der Waals surface area contributed by atoms with E-state index in [-0.39, 0.29) is 30.3 Å². The van der Waals surface area contributed by atoms with Gasteiger partial charge in [-0.2, -0.15) is 0 Å². The molecule has 1 aromatic rings. The number of benzene rings is 1. The molecule has 2 atom stereocenters. The van der Waals surface area contributed by atoms with Gasteiger partial charge in [-0.1, -0.05) is 19.1 Å². The molecule has 0 saturated carbocycles. The van der Waals surface area contributed by atoms with Crippen LogP contribution in [0.3, 0.4) is 0 Å². The van der Waals surface area contributed by atoms with Gasteiger partial charge in [-0.25, -0.2) is 4.79 Å². The predicted octanol–water partition coefficient (Wildman–Crippen LogP) is 1.37. The van der Waals surface area contributed by atoms with E-state index in [0.717, 1.165) is 5.56 Å². The molecule has 0 aliphatic carbocycles. The normalized spacial score (nSPS) is 12.8. The third kappa shape index (κ3) is 5.46. The van der Waals surface area contributed by atoms with Crippen molar-refractivity contribution in [3.8, 4) is 0 Å². The fraction of sp³-hybridized carbons (Fsp3) is 0.385. The minimum atomic E-state index is -0.606. The number of carbonyl (C=O) groups excluding carboxylic acids is 2. The summed E-state index contributed by atoms with van der Waals surface area (Å²) in [5, 5.41) is 5.35. The first-order chi connectivity index (χ1) is 8.93. The number of primary amides is 1. The molecule has 0 aromatic heterocycles. The third-order valence-electron chi connectivity index (χ3n) is 2.84. The van der Waals surface area contributed by atoms with Gasteiger partial charge in [0, 0.05) is 18.2 Å². The summed E-state index contributed by atoms with van der Waals surface area (Å²) in [7, 11) is 0. The highest BCUT2D eigenvalue weighted by Gasteiger charge is 2.14. The zero-order chi connectivity index (χ0) is 14.4. The smallest absolute Gasteiger partial charge is 0.316 e. The predicted molar refractivity (Wildman–Crippen MR) is 81.7 cm³/mol. The standard InChI is InChI=1S/C13H20N4O2.ClH/c1-8(7-14)12(18)16-9(2)10-3-5-11(6-4-10)17-13(15)19;/h3-6,8-9H,7,14H2,1-2H3,(H,16,18)(H3,15,17,19);1H. The van der Waals surface area contributed by atoms with Crippen LogP contribution in [0.15, 0.2) is 24.3 Å². The van der Waals surface area contributed by atoms with E-state index in [0.29, 0.717) is 12.2 Å². The van der Waals surface area contributed by atoms with Crippen LogP contribution in [0.1, 0.15) is 25.5 Å². The van der Waals surface area contributed by atoms with Gasteiger partial charge in [-0.15, -0.1) is 12.4 Å². The lowest BCUT2D eigenvalue weighted by Gasteiger charge is -2.17. The van der Waals surface area contributed by atoms with E-state index in [9.17, 15) is 9.59 Å². The van der Waals surface area contributed by atoms with Crippen LogP contribution in [0, 0.1) is 5.92 Å². The van der Waals surface area contributed by atoms with Crippen LogP contribution in [0.5, 0.6) is 0 Å². The molecule has 0 aliphatic rings. The Balaban J connectivity index is 0.00000361. The summed E-state index contributed by atoms with van der Waals surface area (Å²) in [6.45, 7) is 3.99. The van der Waals surface area contributed by atoms with Gasteiger partial charge < -0.3 is 22.1 Å². The summed E-state index contributed by atoms with van der Waals surface area (Å²) in [6, 6.07) is 6.38. The van der Waals surface area contributed by atoms with Crippen LogP contribution < -0.4 is 22.1 Å². The zero-order valence-electron chi connectivity index (χ0n) is 11.6. The summed E-state index contributed by atoms with van der Waals surface area (Å²) in [4.78, 5) is 22.4. The number of urea groups is 1. The maximum atomic E-state index is 11.7. The fourth-order valence-electron chi connectivity index (χ4n) is 1.54. The van der Waals surface area contributed by atoms with E-state index in [1.165, 1.54) is 0 Å². The van der Waals surface area contributed by atoms with Crippen molar-refractivity contribution < 1.29 is 9.59 Å². The van der Waals surface area contributed by atoms with Crippen LogP contribution in [0.2, 0.25) is 0 Å². The Morgan fingerprint density at radius 3 is 2.20 bits per heavy atom. The Bertz CT molecular complexity index is 450. The summed E-state index contributed by atoms with van der Waals surface area (Å²) >= 11 is 0. The topological polar surface area (TPSA) is 110 Å². The molecule has 0 bridgehead atoms. The van der Waals surface area contributed by atoms with Crippen molar-refractivity contribution in [3.63, 3.8) is 0 Å². The van der Waals surface area contributed by atoms with Crippen molar-refractivity contribution in [1.29, 1.82) is 0 Å². The Hall–Kier alpha value is -1.79. The number of anilines is 1. The number of halogens is 1. The fourth-order valence-corrected chi connectivity index (χ4v) is 1.54. The molecule has 0 aliphatic heterocycles. The van der Waals surface area contributed by atoms with Crippen LogP contribution in [-0.4, -0.2) is 18.5 Å². The maximum absolute atomic E-state index is 11.7. The second-order valence-electron chi connectivity index (χ2n) is 4.48. The van der Waals surface area contributed by atoms with E-state index in [2.05, 4.69) is 10.6 Å². The van der Waals surface area contributed by atoms with Crippen molar-refractivity contribution >= 4 is 30.0 Å². The first-order valence-electron chi connectivity index (χ1n) is 6.11. The first kappa shape index (κ1) is 18.2. The van der Waals surface area contributed by atoms with Crippen LogP contribution in [0.4, 0.5) is 10.5 Å². The average molecular weight is 301 g/mol. The molecule has 6 N–H and O–H groups in total. The van der Waals surface area contributed by atoms with Gasteiger partial charge in [0.05, 0.1) is 6.04 Å². The van der Waals surface area contributed by atoms with E-state index in [1.807, 2.05) is 19.1 Å². The van der Waals surface area contributed by atoms with Crippen LogP contribution in [0.25, 0.3) is 0 Å². The highest BCUT2D eigenvalue weighted by Crippen LogP contribution is 2.16. The van der Waals surface area contributed by atoms with Crippen molar-refractivity contribution in [1.82, 2.24) is 5.32 Å². The van der Waals surface area contributed by atoms with E-state index in [4.69, 9.17) is 11.5 Å². The second-order valence-corrected chi connectivity index (χ2v) is 4.48. The number of nitrogens with two attached hydrogens (primary N) is 2. The quantitative estimate of drug-likeness (QED) is 0.659. The number of carbonyl (C=O) groups is 2. The minimum absolute atomic E-state index is 0. The monoisotopic (exact) mass is 300 g/mol. The van der Waals surface area contributed by atoms with Gasteiger partial charge in [0.2, 0.25) is 5.91 Å². The van der Waals surface area contributed by atoms with E-state index >= 15 is 0 Å². The van der Waals surface area contributed by atoms with Crippen molar-refractivity contribution in [2.24, 2.45) is 17.4 Å². The molecule has 7 heteroatoms. The molecule has 1 aromatic carbocycles. The Labute approximate surface area is 124 Å². The Kier molecular flexibility index (Phi) is 7.64. The lowest BCUT2D eigenvalue weighted by atomic mass is 10.1. The number of rotatable bonds is 5. The minimum Gasteiger partial charge on any atom is -0.351 e. The van der Waals surface area contributed by atoms with Gasteiger partial charge in [0.1, 0.15) is 0 Å². The van der Waals surface area contributed by atoms with Gasteiger partial charge in [0.25, 0.3) is 0 Å². The molecule has 6 nitrogen and oxygen atoms in total. The molecule has 2 unspecified atom stereocenters. The molecule has 0 saturated heterocycles. The van der Waals surface area contributed by atoms with Gasteiger partial charge >= 0.3 is 6.03 Å². The lowest BCUT2D eigenvalue weighted by molar-refractivity contribution is -0.124. The molecule has 112 valence electrons. The highest BCUT2D eigenvalue weighted by molar-refractivity contribution is 5.87. The molecule has 0 spiro atoms. The summed E-state index contributed by atoms with van der Waals surface area (Å²) in [5.74, 6) is -0.285. The van der Waals surface area contributed by atoms with Gasteiger partial charge in [0.15, 0.2) is 0 Å². The Morgan fingerprint density at radius 2 is 1.75 bits per heavy atom. The van der Waals surface area contributed by atoms with Crippen molar-refractivity contribution in [3.05, 3.63) is 29.8 Å².